The predicted octanol–water partition coefficient (Wildman–Crippen LogP) is 2.41. The third kappa shape index (κ3) is 1.41. The van der Waals surface area contributed by atoms with Crippen LogP contribution < -0.4 is 0 Å². The molecule has 0 saturated heterocycles. The van der Waals surface area contributed by atoms with Gasteiger partial charge in [-0.1, -0.05) is 5.16 Å². The van der Waals surface area contributed by atoms with E-state index in [1.54, 1.807) is 6.92 Å². The Labute approximate surface area is 96.5 Å². The van der Waals surface area contributed by atoms with E-state index >= 15 is 0 Å². The van der Waals surface area contributed by atoms with E-state index < -0.39 is 6.10 Å². The van der Waals surface area contributed by atoms with Crippen LogP contribution in [0.5, 0.6) is 0 Å². The molecule has 4 aliphatic rings. The molecule has 0 aromatic heterocycles. The Morgan fingerprint density at radius 1 is 1.12 bits per heavy atom. The van der Waals surface area contributed by atoms with Gasteiger partial charge in [-0.15, -0.1) is 0 Å². The van der Waals surface area contributed by atoms with E-state index in [9.17, 15) is 10.3 Å². The Morgan fingerprint density at radius 2 is 1.56 bits per heavy atom. The van der Waals surface area contributed by atoms with Gasteiger partial charge in [0, 0.05) is 5.41 Å². The summed E-state index contributed by atoms with van der Waals surface area (Å²) in [6.45, 7) is 1.73. The average molecular weight is 223 g/mol. The van der Waals surface area contributed by atoms with Crippen LogP contribution in [0, 0.1) is 23.2 Å². The summed E-state index contributed by atoms with van der Waals surface area (Å²) in [5.74, 6) is 2.46. The van der Waals surface area contributed by atoms with E-state index in [1.807, 2.05) is 0 Å². The number of hydrogen-bond donors (Lipinski definition) is 2. The lowest BCUT2D eigenvalue weighted by Gasteiger charge is -2.57. The Balaban J connectivity index is 1.93. The van der Waals surface area contributed by atoms with Crippen LogP contribution in [-0.4, -0.2) is 22.1 Å². The molecule has 2 N–H and O–H groups in total. The zero-order valence-corrected chi connectivity index (χ0v) is 9.89. The molecule has 4 rings (SSSR count). The standard InChI is InChI=1S/C13H21NO2/c1-8(15)12(14-16)13-5-9-2-10(6-13)4-11(3-9)7-13/h8-11,15-16H,2-7H2,1H3. The van der Waals surface area contributed by atoms with E-state index in [-0.39, 0.29) is 5.41 Å². The first-order chi connectivity index (χ1) is 7.63. The fraction of sp³-hybridized carbons (Fsp3) is 0.923. The largest absolute Gasteiger partial charge is 0.411 e. The molecule has 4 bridgehead atoms. The summed E-state index contributed by atoms with van der Waals surface area (Å²) in [6.07, 6.45) is 6.95. The van der Waals surface area contributed by atoms with Crippen molar-refractivity contribution in [2.75, 3.05) is 0 Å². The van der Waals surface area contributed by atoms with Gasteiger partial charge < -0.3 is 10.3 Å². The Bertz CT molecular complexity index is 287. The second-order valence-corrected chi connectivity index (χ2v) is 6.36. The molecule has 4 fully saturated rings. The first-order valence-electron chi connectivity index (χ1n) is 6.53. The Kier molecular flexibility index (Phi) is 2.29. The zero-order valence-electron chi connectivity index (χ0n) is 9.89. The van der Waals surface area contributed by atoms with Crippen LogP contribution in [0.25, 0.3) is 0 Å². The van der Waals surface area contributed by atoms with Crippen molar-refractivity contribution in [2.24, 2.45) is 28.3 Å². The molecule has 0 radical (unpaired) electrons. The second kappa shape index (κ2) is 3.46. The minimum Gasteiger partial charge on any atom is -0.411 e. The molecule has 90 valence electrons. The molecule has 0 aromatic rings. The fourth-order valence-electron chi connectivity index (χ4n) is 5.06. The second-order valence-electron chi connectivity index (χ2n) is 6.36. The van der Waals surface area contributed by atoms with Gasteiger partial charge in [-0.2, -0.15) is 0 Å². The van der Waals surface area contributed by atoms with Crippen molar-refractivity contribution in [3.63, 3.8) is 0 Å². The van der Waals surface area contributed by atoms with Crippen LogP contribution >= 0.6 is 0 Å². The number of aliphatic hydroxyl groups excluding tert-OH is 1. The summed E-state index contributed by atoms with van der Waals surface area (Å²) in [5.41, 5.74) is 0.698. The lowest BCUT2D eigenvalue weighted by molar-refractivity contribution is -0.0185. The van der Waals surface area contributed by atoms with E-state index in [1.165, 1.54) is 19.3 Å². The smallest absolute Gasteiger partial charge is 0.0931 e. The van der Waals surface area contributed by atoms with Gasteiger partial charge in [0.25, 0.3) is 0 Å². The van der Waals surface area contributed by atoms with Crippen LogP contribution in [0.4, 0.5) is 0 Å². The van der Waals surface area contributed by atoms with Crippen molar-refractivity contribution in [3.8, 4) is 0 Å². The van der Waals surface area contributed by atoms with Gasteiger partial charge in [-0.3, -0.25) is 0 Å². The van der Waals surface area contributed by atoms with Crippen LogP contribution in [0.2, 0.25) is 0 Å². The van der Waals surface area contributed by atoms with Gasteiger partial charge >= 0.3 is 0 Å². The molecule has 4 aliphatic carbocycles. The monoisotopic (exact) mass is 223 g/mol. The maximum Gasteiger partial charge on any atom is 0.0931 e. The van der Waals surface area contributed by atoms with Crippen molar-refractivity contribution >= 4 is 5.71 Å². The summed E-state index contributed by atoms with van der Waals surface area (Å²) in [4.78, 5) is 0. The molecular formula is C13H21NO2. The molecule has 3 nitrogen and oxygen atoms in total. The highest BCUT2D eigenvalue weighted by Gasteiger charge is 2.54. The number of oxime groups is 1. The van der Waals surface area contributed by atoms with Gasteiger partial charge in [-0.05, 0) is 63.2 Å². The molecule has 4 saturated carbocycles. The summed E-state index contributed by atoms with van der Waals surface area (Å²) < 4.78 is 0. The summed E-state index contributed by atoms with van der Waals surface area (Å²) in [7, 11) is 0. The summed E-state index contributed by atoms with van der Waals surface area (Å²) in [5, 5.41) is 22.4. The molecule has 1 atom stereocenters. The highest BCUT2D eigenvalue weighted by molar-refractivity contribution is 5.93. The van der Waals surface area contributed by atoms with Gasteiger partial charge in [0.1, 0.15) is 0 Å². The van der Waals surface area contributed by atoms with Gasteiger partial charge in [0.15, 0.2) is 0 Å². The van der Waals surface area contributed by atoms with Crippen LogP contribution in [-0.2, 0) is 0 Å². The summed E-state index contributed by atoms with van der Waals surface area (Å²) >= 11 is 0. The highest BCUT2D eigenvalue weighted by Crippen LogP contribution is 2.60. The van der Waals surface area contributed by atoms with Crippen molar-refractivity contribution in [1.82, 2.24) is 0 Å². The Hall–Kier alpha value is -0.570. The Morgan fingerprint density at radius 3 is 1.88 bits per heavy atom. The van der Waals surface area contributed by atoms with Crippen LogP contribution in [0.3, 0.4) is 0 Å². The molecule has 0 spiro atoms. The molecule has 0 aliphatic heterocycles. The summed E-state index contributed by atoms with van der Waals surface area (Å²) in [6, 6.07) is 0. The van der Waals surface area contributed by atoms with E-state index in [0.717, 1.165) is 37.0 Å². The van der Waals surface area contributed by atoms with Gasteiger partial charge in [0.05, 0.1) is 11.8 Å². The lowest BCUT2D eigenvalue weighted by atomic mass is 9.48. The molecule has 1 unspecified atom stereocenters. The fourth-order valence-corrected chi connectivity index (χ4v) is 5.06. The topological polar surface area (TPSA) is 52.8 Å². The highest BCUT2D eigenvalue weighted by atomic mass is 16.4. The van der Waals surface area contributed by atoms with Crippen molar-refractivity contribution in [1.29, 1.82) is 0 Å². The third-order valence-corrected chi connectivity index (χ3v) is 5.09. The maximum absolute atomic E-state index is 9.78. The lowest BCUT2D eigenvalue weighted by Crippen LogP contribution is -2.52. The first kappa shape index (κ1) is 10.6. The minimum absolute atomic E-state index is 0.0394. The normalized spacial score (nSPS) is 48.4. The zero-order chi connectivity index (χ0) is 11.3. The maximum atomic E-state index is 9.78. The molecular weight excluding hydrogens is 202 g/mol. The minimum atomic E-state index is -0.596. The number of aliphatic hydroxyl groups is 1. The first-order valence-corrected chi connectivity index (χ1v) is 6.53. The van der Waals surface area contributed by atoms with Gasteiger partial charge in [0.2, 0.25) is 0 Å². The third-order valence-electron chi connectivity index (χ3n) is 5.09. The van der Waals surface area contributed by atoms with Crippen molar-refractivity contribution in [3.05, 3.63) is 0 Å². The van der Waals surface area contributed by atoms with Crippen LogP contribution in [0.15, 0.2) is 5.16 Å². The molecule has 0 aromatic carbocycles. The predicted molar refractivity (Wildman–Crippen MR) is 61.5 cm³/mol. The quantitative estimate of drug-likeness (QED) is 0.429. The van der Waals surface area contributed by atoms with Crippen molar-refractivity contribution in [2.45, 2.75) is 51.6 Å². The van der Waals surface area contributed by atoms with Crippen molar-refractivity contribution < 1.29 is 10.3 Å². The SMILES string of the molecule is CC(O)C(=NO)C12CC3CC(CC(C3)C1)C2. The number of hydrogen-bond acceptors (Lipinski definition) is 3. The average Bonchev–Trinajstić information content (AvgIpc) is 2.14. The molecule has 0 amide bonds. The molecule has 0 heterocycles. The van der Waals surface area contributed by atoms with Gasteiger partial charge in [-0.25, -0.2) is 0 Å². The molecule has 16 heavy (non-hydrogen) atoms. The van der Waals surface area contributed by atoms with E-state index in [0.29, 0.717) is 5.71 Å². The van der Waals surface area contributed by atoms with E-state index in [2.05, 4.69) is 5.16 Å². The number of nitrogens with zero attached hydrogens (tertiary/aromatic N) is 1. The molecule has 3 heteroatoms. The number of rotatable bonds is 2. The van der Waals surface area contributed by atoms with Crippen LogP contribution in [0.1, 0.15) is 45.4 Å². The van der Waals surface area contributed by atoms with E-state index in [4.69, 9.17) is 0 Å².